The summed E-state index contributed by atoms with van der Waals surface area (Å²) in [6.07, 6.45) is -3.18. The number of hydrogen-bond acceptors (Lipinski definition) is 6. The molecule has 1 amide bonds. The van der Waals surface area contributed by atoms with Gasteiger partial charge in [-0.3, -0.25) is 9.79 Å². The second-order valence-electron chi connectivity index (χ2n) is 5.99. The van der Waals surface area contributed by atoms with E-state index in [0.717, 1.165) is 17.3 Å². The van der Waals surface area contributed by atoms with Crippen molar-refractivity contribution in [2.75, 3.05) is 6.79 Å². The van der Waals surface area contributed by atoms with Crippen LogP contribution in [0.2, 0.25) is 0 Å². The molecule has 10 heteroatoms. The lowest BCUT2D eigenvalue weighted by Gasteiger charge is -2.08. The summed E-state index contributed by atoms with van der Waals surface area (Å²) in [7, 11) is 0. The smallest absolute Gasteiger partial charge is 0.454 e. The molecule has 1 fully saturated rings. The first kappa shape index (κ1) is 19.2. The Morgan fingerprint density at radius 2 is 1.90 bits per heavy atom. The van der Waals surface area contributed by atoms with Gasteiger partial charge in [0.05, 0.1) is 11.4 Å². The van der Waals surface area contributed by atoms with Crippen molar-refractivity contribution in [1.82, 2.24) is 5.32 Å². The number of rotatable bonds is 4. The highest BCUT2D eigenvalue weighted by Gasteiger charge is 2.31. The Labute approximate surface area is 167 Å². The second kappa shape index (κ2) is 7.70. The van der Waals surface area contributed by atoms with Gasteiger partial charge in [0.15, 0.2) is 16.7 Å². The van der Waals surface area contributed by atoms with E-state index in [1.165, 1.54) is 24.3 Å². The molecule has 0 saturated carbocycles. The fourth-order valence-electron chi connectivity index (χ4n) is 2.62. The first-order valence-corrected chi connectivity index (χ1v) is 9.17. The van der Waals surface area contributed by atoms with Crippen LogP contribution in [0.4, 0.5) is 13.2 Å². The molecule has 0 aromatic heterocycles. The lowest BCUT2D eigenvalue weighted by atomic mass is 10.2. The van der Waals surface area contributed by atoms with E-state index in [9.17, 15) is 18.0 Å². The Bertz CT molecular complexity index is 1000. The molecular weight excluding hydrogens is 409 g/mol. The van der Waals surface area contributed by atoms with Gasteiger partial charge >= 0.3 is 6.36 Å². The summed E-state index contributed by atoms with van der Waals surface area (Å²) in [6.45, 7) is 0.534. The van der Waals surface area contributed by atoms with Gasteiger partial charge in [0.1, 0.15) is 5.75 Å². The van der Waals surface area contributed by atoms with Crippen LogP contribution >= 0.6 is 11.8 Å². The molecule has 6 nitrogen and oxygen atoms in total. The summed E-state index contributed by atoms with van der Waals surface area (Å²) >= 11 is 1.16. The molecule has 2 aliphatic rings. The van der Waals surface area contributed by atoms with Gasteiger partial charge in [0, 0.05) is 0 Å². The quantitative estimate of drug-likeness (QED) is 0.753. The fraction of sp³-hybridized carbons (Fsp3) is 0.158. The first-order chi connectivity index (χ1) is 13.9. The average Bonchev–Trinajstić information content (AvgIpc) is 3.26. The number of ether oxygens (including phenoxy) is 3. The van der Waals surface area contributed by atoms with E-state index < -0.39 is 6.36 Å². The van der Waals surface area contributed by atoms with Crippen LogP contribution in [0.5, 0.6) is 17.2 Å². The van der Waals surface area contributed by atoms with Gasteiger partial charge in [0.25, 0.3) is 5.91 Å². The minimum absolute atomic E-state index is 0.191. The summed E-state index contributed by atoms with van der Waals surface area (Å²) < 4.78 is 51.0. The molecule has 1 N–H and O–H groups in total. The molecule has 150 valence electrons. The molecule has 2 aromatic rings. The van der Waals surface area contributed by atoms with Crippen LogP contribution in [0.15, 0.2) is 52.4 Å². The van der Waals surface area contributed by atoms with Crippen LogP contribution in [0.25, 0.3) is 6.08 Å². The molecule has 2 aliphatic heterocycles. The third kappa shape index (κ3) is 4.83. The lowest BCUT2D eigenvalue weighted by molar-refractivity contribution is -0.274. The topological polar surface area (TPSA) is 69.2 Å². The molecule has 0 spiro atoms. The largest absolute Gasteiger partial charge is 0.573 e. The van der Waals surface area contributed by atoms with Gasteiger partial charge < -0.3 is 19.5 Å². The van der Waals surface area contributed by atoms with Crippen LogP contribution in [0, 0.1) is 0 Å². The zero-order valence-electron chi connectivity index (χ0n) is 14.7. The fourth-order valence-corrected chi connectivity index (χ4v) is 3.44. The van der Waals surface area contributed by atoms with Crippen molar-refractivity contribution < 1.29 is 32.2 Å². The zero-order valence-corrected chi connectivity index (χ0v) is 15.5. The second-order valence-corrected chi connectivity index (χ2v) is 7.02. The number of carbonyl (C=O) groups excluding carboxylic acids is 1. The van der Waals surface area contributed by atoms with Crippen LogP contribution in [0.3, 0.4) is 0 Å². The Morgan fingerprint density at radius 3 is 2.66 bits per heavy atom. The van der Waals surface area contributed by atoms with E-state index in [0.29, 0.717) is 33.7 Å². The Kier molecular flexibility index (Phi) is 5.10. The maximum Gasteiger partial charge on any atom is 0.573 e. The molecule has 29 heavy (non-hydrogen) atoms. The number of nitrogens with one attached hydrogen (secondary N) is 1. The van der Waals surface area contributed by atoms with Gasteiger partial charge in [-0.1, -0.05) is 18.2 Å². The van der Waals surface area contributed by atoms with Crippen molar-refractivity contribution in [2.45, 2.75) is 12.9 Å². The van der Waals surface area contributed by atoms with E-state index >= 15 is 0 Å². The van der Waals surface area contributed by atoms with Crippen molar-refractivity contribution in [2.24, 2.45) is 4.99 Å². The summed E-state index contributed by atoms with van der Waals surface area (Å²) in [6, 6.07) is 10.7. The third-order valence-corrected chi connectivity index (χ3v) is 4.85. The summed E-state index contributed by atoms with van der Waals surface area (Å²) in [5.74, 6) is 0.690. The van der Waals surface area contributed by atoms with E-state index in [1.54, 1.807) is 12.1 Å². The number of halogens is 3. The molecule has 0 radical (unpaired) electrons. The number of amides is 1. The summed E-state index contributed by atoms with van der Waals surface area (Å²) in [5.41, 5.74) is 1.46. The number of alkyl halides is 3. The van der Waals surface area contributed by atoms with Crippen LogP contribution in [0.1, 0.15) is 11.1 Å². The number of hydrogen-bond donors (Lipinski definition) is 1. The molecule has 4 rings (SSSR count). The highest BCUT2D eigenvalue weighted by molar-refractivity contribution is 8.18. The third-order valence-electron chi connectivity index (χ3n) is 3.90. The van der Waals surface area contributed by atoms with E-state index in [1.807, 2.05) is 12.1 Å². The average molecular weight is 422 g/mol. The number of thioether (sulfide) groups is 1. The van der Waals surface area contributed by atoms with E-state index in [-0.39, 0.29) is 18.4 Å². The van der Waals surface area contributed by atoms with Crippen LogP contribution in [-0.4, -0.2) is 24.2 Å². The molecule has 0 atom stereocenters. The van der Waals surface area contributed by atoms with Crippen LogP contribution in [-0.2, 0) is 11.3 Å². The van der Waals surface area contributed by atoms with Gasteiger partial charge in [0.2, 0.25) is 6.79 Å². The molecular formula is C19H13F3N2O4S. The molecule has 2 aromatic carbocycles. The van der Waals surface area contributed by atoms with Crippen molar-refractivity contribution in [1.29, 1.82) is 0 Å². The highest BCUT2D eigenvalue weighted by atomic mass is 32.2. The Balaban J connectivity index is 1.41. The van der Waals surface area contributed by atoms with Gasteiger partial charge in [-0.25, -0.2) is 0 Å². The number of nitrogens with zero attached hydrogens (tertiary/aromatic N) is 1. The minimum Gasteiger partial charge on any atom is -0.454 e. The van der Waals surface area contributed by atoms with Gasteiger partial charge in [-0.15, -0.1) is 13.2 Å². The van der Waals surface area contributed by atoms with Gasteiger partial charge in [-0.2, -0.15) is 0 Å². The zero-order chi connectivity index (χ0) is 20.4. The summed E-state index contributed by atoms with van der Waals surface area (Å²) in [4.78, 5) is 16.9. The maximum absolute atomic E-state index is 12.2. The lowest BCUT2D eigenvalue weighted by Crippen LogP contribution is -2.19. The number of aliphatic imine (C=N–C) groups is 1. The van der Waals surface area contributed by atoms with Crippen molar-refractivity contribution in [3.8, 4) is 17.2 Å². The SMILES string of the molecule is O=C1NC(=NCc2ccc3c(c2)OCO3)S/C1=C/c1ccc(OC(F)(F)F)cc1. The van der Waals surface area contributed by atoms with Crippen molar-refractivity contribution in [3.63, 3.8) is 0 Å². The molecule has 2 heterocycles. The predicted octanol–water partition coefficient (Wildman–Crippen LogP) is 4.07. The Hall–Kier alpha value is -3.14. The molecule has 0 unspecified atom stereocenters. The first-order valence-electron chi connectivity index (χ1n) is 8.35. The standard InChI is InChI=1S/C19H13F3N2O4S/c20-19(21,22)28-13-4-1-11(2-5-13)8-16-17(25)24-18(29-16)23-9-12-3-6-14-15(7-12)27-10-26-14/h1-8H,9-10H2,(H,23,24,25)/b16-8+. The van der Waals surface area contributed by atoms with E-state index in [4.69, 9.17) is 9.47 Å². The number of amidine groups is 1. The van der Waals surface area contributed by atoms with E-state index in [2.05, 4.69) is 15.0 Å². The van der Waals surface area contributed by atoms with Crippen molar-refractivity contribution in [3.05, 3.63) is 58.5 Å². The maximum atomic E-state index is 12.2. The predicted molar refractivity (Wildman–Crippen MR) is 101 cm³/mol. The highest BCUT2D eigenvalue weighted by Crippen LogP contribution is 2.33. The molecule has 0 bridgehead atoms. The summed E-state index contributed by atoms with van der Waals surface area (Å²) in [5, 5.41) is 3.11. The number of benzene rings is 2. The number of carbonyl (C=O) groups is 1. The normalized spacial score (nSPS) is 18.4. The van der Waals surface area contributed by atoms with Crippen molar-refractivity contribution >= 4 is 28.9 Å². The Morgan fingerprint density at radius 1 is 1.14 bits per heavy atom. The van der Waals surface area contributed by atoms with Crippen LogP contribution < -0.4 is 19.5 Å². The van der Waals surface area contributed by atoms with Gasteiger partial charge in [-0.05, 0) is 53.2 Å². The minimum atomic E-state index is -4.75. The molecule has 1 saturated heterocycles. The monoisotopic (exact) mass is 422 g/mol. The molecule has 0 aliphatic carbocycles. The number of fused-ring (bicyclic) bond motifs is 1.